The third-order valence-corrected chi connectivity index (χ3v) is 5.71. The Balaban J connectivity index is 1.86. The number of thioether (sulfide) groups is 1. The summed E-state index contributed by atoms with van der Waals surface area (Å²) in [5, 5.41) is 4.33. The summed E-state index contributed by atoms with van der Waals surface area (Å²) in [6, 6.07) is 5.70. The third kappa shape index (κ3) is 4.31. The van der Waals surface area contributed by atoms with E-state index in [2.05, 4.69) is 12.2 Å². The van der Waals surface area contributed by atoms with E-state index >= 15 is 0 Å². The van der Waals surface area contributed by atoms with E-state index in [1.54, 1.807) is 18.2 Å². The number of carbonyl (C=O) groups excluding carboxylic acids is 1. The van der Waals surface area contributed by atoms with Crippen molar-refractivity contribution >= 4 is 40.9 Å². The van der Waals surface area contributed by atoms with Gasteiger partial charge in [0.05, 0.1) is 15.8 Å². The van der Waals surface area contributed by atoms with Gasteiger partial charge in [-0.3, -0.25) is 4.79 Å². The maximum atomic E-state index is 12.0. The Labute approximate surface area is 134 Å². The minimum atomic E-state index is 0.0599. The Morgan fingerprint density at radius 2 is 1.95 bits per heavy atom. The molecule has 2 rings (SSSR count). The van der Waals surface area contributed by atoms with Gasteiger partial charge in [0.1, 0.15) is 0 Å². The lowest BCUT2D eigenvalue weighted by molar-refractivity contribution is -0.119. The van der Waals surface area contributed by atoms with Gasteiger partial charge in [0.15, 0.2) is 0 Å². The summed E-state index contributed by atoms with van der Waals surface area (Å²) in [6.45, 7) is 2.21. The zero-order valence-electron chi connectivity index (χ0n) is 11.5. The van der Waals surface area contributed by atoms with Crippen molar-refractivity contribution in [2.24, 2.45) is 5.92 Å². The van der Waals surface area contributed by atoms with Crippen molar-refractivity contribution in [3.8, 4) is 0 Å². The molecule has 0 heterocycles. The molecule has 1 N–H and O–H groups in total. The lowest BCUT2D eigenvalue weighted by Crippen LogP contribution is -2.41. The van der Waals surface area contributed by atoms with Crippen molar-refractivity contribution in [3.05, 3.63) is 28.2 Å². The lowest BCUT2D eigenvalue weighted by atomic mass is 9.86. The quantitative estimate of drug-likeness (QED) is 0.804. The van der Waals surface area contributed by atoms with Crippen LogP contribution in [0.1, 0.15) is 32.6 Å². The van der Waals surface area contributed by atoms with E-state index < -0.39 is 0 Å². The first-order chi connectivity index (χ1) is 9.58. The molecule has 0 saturated heterocycles. The van der Waals surface area contributed by atoms with E-state index in [9.17, 15) is 4.79 Å². The summed E-state index contributed by atoms with van der Waals surface area (Å²) in [4.78, 5) is 12.8. The second kappa shape index (κ2) is 7.58. The first kappa shape index (κ1) is 16.0. The van der Waals surface area contributed by atoms with Crippen LogP contribution in [0, 0.1) is 5.92 Å². The van der Waals surface area contributed by atoms with Gasteiger partial charge in [-0.05, 0) is 30.9 Å². The monoisotopic (exact) mass is 331 g/mol. The zero-order chi connectivity index (χ0) is 14.5. The van der Waals surface area contributed by atoms with Crippen molar-refractivity contribution in [1.29, 1.82) is 0 Å². The molecule has 1 aliphatic carbocycles. The van der Waals surface area contributed by atoms with Crippen molar-refractivity contribution in [1.82, 2.24) is 5.32 Å². The molecule has 0 unspecified atom stereocenters. The minimum absolute atomic E-state index is 0.0599. The molecule has 20 heavy (non-hydrogen) atoms. The second-order valence-electron chi connectivity index (χ2n) is 5.28. The van der Waals surface area contributed by atoms with Crippen LogP contribution in [0.5, 0.6) is 0 Å². The van der Waals surface area contributed by atoms with Gasteiger partial charge in [0.25, 0.3) is 0 Å². The first-order valence-corrected chi connectivity index (χ1v) is 8.68. The number of hydrogen-bond donors (Lipinski definition) is 1. The van der Waals surface area contributed by atoms with Crippen LogP contribution in [0.25, 0.3) is 0 Å². The molecule has 0 radical (unpaired) electrons. The highest BCUT2D eigenvalue weighted by Crippen LogP contribution is 2.33. The van der Waals surface area contributed by atoms with Gasteiger partial charge in [-0.2, -0.15) is 0 Å². The highest BCUT2D eigenvalue weighted by molar-refractivity contribution is 8.00. The molecule has 1 aromatic carbocycles. The molecule has 2 nitrogen and oxygen atoms in total. The molecular weight excluding hydrogens is 313 g/mol. The van der Waals surface area contributed by atoms with Gasteiger partial charge >= 0.3 is 0 Å². The molecule has 1 saturated carbocycles. The zero-order valence-corrected chi connectivity index (χ0v) is 13.8. The van der Waals surface area contributed by atoms with E-state index in [1.165, 1.54) is 31.0 Å². The second-order valence-corrected chi connectivity index (χ2v) is 7.08. The molecule has 1 amide bonds. The Kier molecular flexibility index (Phi) is 6.06. The van der Waals surface area contributed by atoms with Gasteiger partial charge in [0, 0.05) is 10.9 Å². The van der Waals surface area contributed by atoms with Crippen LogP contribution in [0.4, 0.5) is 0 Å². The normalized spacial score (nSPS) is 22.6. The molecule has 0 aliphatic heterocycles. The minimum Gasteiger partial charge on any atom is -0.352 e. The molecule has 0 bridgehead atoms. The number of rotatable bonds is 4. The highest BCUT2D eigenvalue weighted by atomic mass is 35.5. The van der Waals surface area contributed by atoms with E-state index in [4.69, 9.17) is 23.2 Å². The van der Waals surface area contributed by atoms with Crippen molar-refractivity contribution in [2.75, 3.05) is 5.75 Å². The first-order valence-electron chi connectivity index (χ1n) is 6.94. The maximum absolute atomic E-state index is 12.0. The number of amides is 1. The summed E-state index contributed by atoms with van der Waals surface area (Å²) < 4.78 is 0. The van der Waals surface area contributed by atoms with Gasteiger partial charge in [-0.15, -0.1) is 11.8 Å². The highest BCUT2D eigenvalue weighted by Gasteiger charge is 2.22. The number of benzene rings is 1. The summed E-state index contributed by atoms with van der Waals surface area (Å²) in [5.41, 5.74) is 0. The number of hydrogen-bond acceptors (Lipinski definition) is 2. The van der Waals surface area contributed by atoms with Crippen molar-refractivity contribution in [2.45, 2.75) is 43.5 Å². The molecule has 110 valence electrons. The van der Waals surface area contributed by atoms with Gasteiger partial charge in [0.2, 0.25) is 5.91 Å². The van der Waals surface area contributed by atoms with Crippen molar-refractivity contribution in [3.63, 3.8) is 0 Å². The summed E-state index contributed by atoms with van der Waals surface area (Å²) in [7, 11) is 0. The van der Waals surface area contributed by atoms with Crippen LogP contribution in [0.15, 0.2) is 23.1 Å². The fraction of sp³-hybridized carbons (Fsp3) is 0.533. The van der Waals surface area contributed by atoms with Crippen LogP contribution in [0.2, 0.25) is 10.0 Å². The Bertz CT molecular complexity index is 461. The van der Waals surface area contributed by atoms with Crippen molar-refractivity contribution < 1.29 is 4.79 Å². The number of carbonyl (C=O) groups is 1. The smallest absolute Gasteiger partial charge is 0.230 e. The predicted octanol–water partition coefficient (Wildman–Crippen LogP) is 4.78. The van der Waals surface area contributed by atoms with Gasteiger partial charge < -0.3 is 5.32 Å². The van der Waals surface area contributed by atoms with Gasteiger partial charge in [-0.1, -0.05) is 49.0 Å². The number of halogens is 2. The summed E-state index contributed by atoms with van der Waals surface area (Å²) in [6.07, 6.45) is 4.77. The third-order valence-electron chi connectivity index (χ3n) is 3.72. The predicted molar refractivity (Wildman–Crippen MR) is 86.7 cm³/mol. The average Bonchev–Trinajstić information content (AvgIpc) is 2.41. The maximum Gasteiger partial charge on any atom is 0.230 e. The fourth-order valence-electron chi connectivity index (χ4n) is 2.54. The van der Waals surface area contributed by atoms with Crippen LogP contribution in [0.3, 0.4) is 0 Å². The van der Waals surface area contributed by atoms with Gasteiger partial charge in [-0.25, -0.2) is 0 Å². The lowest BCUT2D eigenvalue weighted by Gasteiger charge is -2.29. The molecule has 0 spiro atoms. The van der Waals surface area contributed by atoms with Crippen LogP contribution in [-0.4, -0.2) is 17.7 Å². The molecular formula is C15H19Cl2NOS. The van der Waals surface area contributed by atoms with E-state index in [-0.39, 0.29) is 5.91 Å². The van der Waals surface area contributed by atoms with E-state index in [1.807, 2.05) is 0 Å². The topological polar surface area (TPSA) is 29.1 Å². The molecule has 1 fully saturated rings. The average molecular weight is 332 g/mol. The number of nitrogens with one attached hydrogen (secondary N) is 1. The summed E-state index contributed by atoms with van der Waals surface area (Å²) in [5.74, 6) is 0.985. The fourth-order valence-corrected chi connectivity index (χ4v) is 4.03. The summed E-state index contributed by atoms with van der Waals surface area (Å²) >= 11 is 13.6. The Hall–Kier alpha value is -0.380. The Morgan fingerprint density at radius 3 is 2.60 bits per heavy atom. The van der Waals surface area contributed by atoms with Crippen LogP contribution < -0.4 is 5.32 Å². The molecule has 5 heteroatoms. The van der Waals surface area contributed by atoms with Crippen LogP contribution >= 0.6 is 35.0 Å². The SMILES string of the molecule is C[C@H]1CCCC[C@H]1NC(=O)CSc1c(Cl)cccc1Cl. The van der Waals surface area contributed by atoms with Crippen LogP contribution in [-0.2, 0) is 4.79 Å². The van der Waals surface area contributed by atoms with E-state index in [0.717, 1.165) is 11.3 Å². The van der Waals surface area contributed by atoms with E-state index in [0.29, 0.717) is 27.8 Å². The standard InChI is InChI=1S/C15H19Cl2NOS/c1-10-5-2-3-8-13(10)18-14(19)9-20-15-11(16)6-4-7-12(15)17/h4,6-7,10,13H,2-3,5,8-9H2,1H3,(H,18,19)/t10-,13+/m0/s1. The molecule has 1 aromatic rings. The largest absolute Gasteiger partial charge is 0.352 e. The molecule has 2 atom stereocenters. The molecule has 1 aliphatic rings. The Morgan fingerprint density at radius 1 is 1.30 bits per heavy atom. The molecule has 0 aromatic heterocycles.